The Kier molecular flexibility index (Phi) is 6.01. The lowest BCUT2D eigenvalue weighted by Gasteiger charge is -2.39. The normalized spacial score (nSPS) is 17.2. The average Bonchev–Trinajstić information content (AvgIpc) is 2.39. The molecule has 126 valence electrons. The summed E-state index contributed by atoms with van der Waals surface area (Å²) in [5.74, 6) is -4.60. The molecule has 3 nitrogen and oxygen atoms in total. The molecule has 0 saturated heterocycles. The largest absolute Gasteiger partial charge is 0.598 e. The van der Waals surface area contributed by atoms with Gasteiger partial charge in [0.2, 0.25) is 0 Å². The maximum Gasteiger partial charge on any atom is 0.296 e. The molecule has 0 aliphatic heterocycles. The molecular formula is C14H19BrF3NO2S. The highest BCUT2D eigenvalue weighted by atomic mass is 79.9. The minimum absolute atomic E-state index is 0.376. The van der Waals surface area contributed by atoms with Crippen molar-refractivity contribution in [1.82, 2.24) is 4.72 Å². The number of alkyl halides is 2. The first-order valence-corrected chi connectivity index (χ1v) is 8.43. The number of aliphatic hydroxyl groups is 1. The maximum absolute atomic E-state index is 14.3. The molecule has 1 rings (SSSR count). The third kappa shape index (κ3) is 3.97. The Morgan fingerprint density at radius 3 is 2.27 bits per heavy atom. The number of hydrogen-bond acceptors (Lipinski definition) is 3. The van der Waals surface area contributed by atoms with Gasteiger partial charge in [0.25, 0.3) is 5.92 Å². The summed E-state index contributed by atoms with van der Waals surface area (Å²) in [4.78, 5) is 0. The molecule has 0 fully saturated rings. The van der Waals surface area contributed by atoms with Crippen LogP contribution < -0.4 is 4.72 Å². The lowest BCUT2D eigenvalue weighted by atomic mass is 9.86. The van der Waals surface area contributed by atoms with Gasteiger partial charge in [-0.1, -0.05) is 15.9 Å². The monoisotopic (exact) mass is 401 g/mol. The first-order valence-electron chi connectivity index (χ1n) is 6.49. The number of nitrogens with one attached hydrogen (secondary N) is 1. The van der Waals surface area contributed by atoms with Gasteiger partial charge in [0.15, 0.2) is 5.54 Å². The van der Waals surface area contributed by atoms with E-state index in [2.05, 4.69) is 20.7 Å². The molecule has 1 aromatic carbocycles. The van der Waals surface area contributed by atoms with Crippen LogP contribution in [0.1, 0.15) is 33.3 Å². The van der Waals surface area contributed by atoms with E-state index >= 15 is 0 Å². The summed E-state index contributed by atoms with van der Waals surface area (Å²) in [5.41, 5.74) is -2.72. The number of aliphatic hydroxyl groups excluding tert-OH is 1. The topological polar surface area (TPSA) is 55.3 Å². The standard InChI is InChI=1S/C14H19BrF3NO2S/c1-12(2,3)22(21)19-13(4,14(17,18)8-20)10-7-9(15)5-6-11(10)16/h5-7,19-20H,8H2,1-4H3/t13-,22?/m1/s1. The van der Waals surface area contributed by atoms with Crippen molar-refractivity contribution in [2.75, 3.05) is 6.61 Å². The molecule has 0 saturated carbocycles. The zero-order chi connectivity index (χ0) is 17.3. The van der Waals surface area contributed by atoms with Crippen LogP contribution in [0.4, 0.5) is 13.2 Å². The van der Waals surface area contributed by atoms with Gasteiger partial charge in [0, 0.05) is 21.4 Å². The van der Waals surface area contributed by atoms with Gasteiger partial charge in [-0.3, -0.25) is 0 Å². The van der Waals surface area contributed by atoms with Crippen LogP contribution in [0, 0.1) is 5.82 Å². The molecule has 0 radical (unpaired) electrons. The predicted octanol–water partition coefficient (Wildman–Crippen LogP) is 3.48. The number of halogens is 4. The predicted molar refractivity (Wildman–Crippen MR) is 84.5 cm³/mol. The fourth-order valence-corrected chi connectivity index (χ4v) is 3.00. The smallest absolute Gasteiger partial charge is 0.296 e. The maximum atomic E-state index is 14.3. The SMILES string of the molecule is CC(C)(C)[S+]([O-])N[C@](C)(c1cc(Br)ccc1F)C(F)(F)CO. The third-order valence-corrected chi connectivity index (χ3v) is 5.45. The van der Waals surface area contributed by atoms with Crippen molar-refractivity contribution < 1.29 is 22.8 Å². The second-order valence-electron chi connectivity index (χ2n) is 6.09. The number of hydrogen-bond donors (Lipinski definition) is 2. The Morgan fingerprint density at radius 1 is 1.27 bits per heavy atom. The molecule has 0 aliphatic carbocycles. The molecule has 2 atom stereocenters. The van der Waals surface area contributed by atoms with Crippen LogP contribution in [0.25, 0.3) is 0 Å². The molecule has 0 bridgehead atoms. The van der Waals surface area contributed by atoms with Gasteiger partial charge in [-0.05, 0) is 45.9 Å². The van der Waals surface area contributed by atoms with Crippen molar-refractivity contribution in [3.63, 3.8) is 0 Å². The summed E-state index contributed by atoms with van der Waals surface area (Å²) in [7, 11) is 0. The lowest BCUT2D eigenvalue weighted by molar-refractivity contribution is -0.115. The van der Waals surface area contributed by atoms with E-state index in [1.165, 1.54) is 12.1 Å². The first kappa shape index (κ1) is 19.8. The molecule has 0 aromatic heterocycles. The van der Waals surface area contributed by atoms with Crippen molar-refractivity contribution in [2.24, 2.45) is 0 Å². The molecule has 0 heterocycles. The minimum atomic E-state index is -3.73. The van der Waals surface area contributed by atoms with E-state index in [9.17, 15) is 17.7 Å². The summed E-state index contributed by atoms with van der Waals surface area (Å²) < 4.78 is 56.9. The van der Waals surface area contributed by atoms with Crippen LogP contribution in [0.5, 0.6) is 0 Å². The Hall–Kier alpha value is -0.280. The summed E-state index contributed by atoms with van der Waals surface area (Å²) >= 11 is 1.21. The zero-order valence-corrected chi connectivity index (χ0v) is 15.1. The molecule has 0 amide bonds. The zero-order valence-electron chi connectivity index (χ0n) is 12.7. The van der Waals surface area contributed by atoms with Gasteiger partial charge in [0.05, 0.1) is 0 Å². The van der Waals surface area contributed by atoms with E-state index in [4.69, 9.17) is 5.11 Å². The van der Waals surface area contributed by atoms with E-state index in [1.807, 2.05) is 0 Å². The summed E-state index contributed by atoms with van der Waals surface area (Å²) in [6.07, 6.45) is 0. The molecule has 8 heteroatoms. The van der Waals surface area contributed by atoms with Crippen LogP contribution in [-0.2, 0) is 16.9 Å². The minimum Gasteiger partial charge on any atom is -0.598 e. The van der Waals surface area contributed by atoms with E-state index in [0.717, 1.165) is 13.0 Å². The van der Waals surface area contributed by atoms with Crippen LogP contribution in [0.3, 0.4) is 0 Å². The summed E-state index contributed by atoms with van der Waals surface area (Å²) in [6.45, 7) is 4.32. The first-order chi connectivity index (χ1) is 9.85. The van der Waals surface area contributed by atoms with Crippen molar-refractivity contribution >= 4 is 27.3 Å². The van der Waals surface area contributed by atoms with Crippen LogP contribution in [0.15, 0.2) is 22.7 Å². The van der Waals surface area contributed by atoms with Crippen molar-refractivity contribution in [3.05, 3.63) is 34.1 Å². The highest BCUT2D eigenvalue weighted by molar-refractivity contribution is 9.10. The third-order valence-electron chi connectivity index (χ3n) is 3.25. The summed E-state index contributed by atoms with van der Waals surface area (Å²) in [6, 6.07) is 3.59. The molecule has 1 unspecified atom stereocenters. The van der Waals surface area contributed by atoms with Gasteiger partial charge in [-0.2, -0.15) is 0 Å². The Balaban J connectivity index is 3.44. The quantitative estimate of drug-likeness (QED) is 0.742. The van der Waals surface area contributed by atoms with Crippen molar-refractivity contribution in [3.8, 4) is 0 Å². The average molecular weight is 402 g/mol. The van der Waals surface area contributed by atoms with Gasteiger partial charge in [-0.25, -0.2) is 13.2 Å². The Labute approximate surface area is 139 Å². The van der Waals surface area contributed by atoms with E-state index in [1.54, 1.807) is 20.8 Å². The van der Waals surface area contributed by atoms with Crippen LogP contribution >= 0.6 is 15.9 Å². The van der Waals surface area contributed by atoms with E-state index in [-0.39, 0.29) is 5.56 Å². The molecule has 0 aliphatic rings. The molecular weight excluding hydrogens is 383 g/mol. The molecule has 1 aromatic rings. The fourth-order valence-electron chi connectivity index (χ4n) is 1.70. The number of benzene rings is 1. The van der Waals surface area contributed by atoms with Crippen molar-refractivity contribution in [1.29, 1.82) is 0 Å². The van der Waals surface area contributed by atoms with Gasteiger partial charge < -0.3 is 9.66 Å². The highest BCUT2D eigenvalue weighted by Crippen LogP contribution is 2.40. The Morgan fingerprint density at radius 2 is 1.82 bits per heavy atom. The van der Waals surface area contributed by atoms with Crippen LogP contribution in [0.2, 0.25) is 0 Å². The summed E-state index contributed by atoms with van der Waals surface area (Å²) in [5, 5.41) is 9.04. The van der Waals surface area contributed by atoms with Crippen molar-refractivity contribution in [2.45, 2.75) is 43.9 Å². The molecule has 0 spiro atoms. The van der Waals surface area contributed by atoms with Crippen LogP contribution in [-0.4, -0.2) is 26.9 Å². The molecule has 22 heavy (non-hydrogen) atoms. The van der Waals surface area contributed by atoms with Gasteiger partial charge in [0.1, 0.15) is 17.2 Å². The second-order valence-corrected chi connectivity index (χ2v) is 8.98. The Bertz CT molecular complexity index is 539. The van der Waals surface area contributed by atoms with E-state index < -0.39 is 40.0 Å². The fraction of sp³-hybridized carbons (Fsp3) is 0.571. The second kappa shape index (κ2) is 6.68. The van der Waals surface area contributed by atoms with Gasteiger partial charge >= 0.3 is 0 Å². The highest BCUT2D eigenvalue weighted by Gasteiger charge is 2.56. The van der Waals surface area contributed by atoms with Gasteiger partial charge in [-0.15, -0.1) is 4.72 Å². The number of rotatable bonds is 5. The lowest BCUT2D eigenvalue weighted by Crippen LogP contribution is -2.60. The van der Waals surface area contributed by atoms with E-state index in [0.29, 0.717) is 4.47 Å². The molecule has 2 N–H and O–H groups in total.